The van der Waals surface area contributed by atoms with Gasteiger partial charge < -0.3 is 5.32 Å². The van der Waals surface area contributed by atoms with E-state index >= 15 is 0 Å². The maximum atomic E-state index is 13.0. The molecule has 1 N–H and O–H groups in total. The molecule has 0 heterocycles. The van der Waals surface area contributed by atoms with Crippen LogP contribution in [-0.4, -0.2) is 6.04 Å². The summed E-state index contributed by atoms with van der Waals surface area (Å²) in [6.45, 7) is 0. The van der Waals surface area contributed by atoms with E-state index in [0.29, 0.717) is 17.5 Å². The van der Waals surface area contributed by atoms with E-state index in [9.17, 15) is 13.2 Å². The van der Waals surface area contributed by atoms with Crippen LogP contribution in [0.4, 0.5) is 18.9 Å². The van der Waals surface area contributed by atoms with Gasteiger partial charge in [-0.25, -0.2) is 13.2 Å². The summed E-state index contributed by atoms with van der Waals surface area (Å²) >= 11 is 0. The van der Waals surface area contributed by atoms with E-state index in [1.165, 1.54) is 0 Å². The van der Waals surface area contributed by atoms with Gasteiger partial charge in [-0.05, 0) is 18.8 Å². The molecule has 0 radical (unpaired) electrons. The highest BCUT2D eigenvalue weighted by atomic mass is 19.2. The molecule has 1 aromatic carbocycles. The van der Waals surface area contributed by atoms with Crippen molar-refractivity contribution in [2.45, 2.75) is 18.9 Å². The highest BCUT2D eigenvalue weighted by Gasteiger charge is 2.40. The van der Waals surface area contributed by atoms with Crippen LogP contribution in [0, 0.1) is 29.3 Å². The number of halogens is 3. The summed E-state index contributed by atoms with van der Waals surface area (Å²) in [5.74, 6) is -2.59. The van der Waals surface area contributed by atoms with Crippen molar-refractivity contribution in [2.24, 2.45) is 11.8 Å². The van der Waals surface area contributed by atoms with Gasteiger partial charge in [-0.1, -0.05) is 12.2 Å². The molecule has 1 saturated carbocycles. The molecule has 3 unspecified atom stereocenters. The van der Waals surface area contributed by atoms with Crippen molar-refractivity contribution in [3.8, 4) is 0 Å². The summed E-state index contributed by atoms with van der Waals surface area (Å²) in [6, 6.07) is 2.22. The Morgan fingerprint density at radius 3 is 2.47 bits per heavy atom. The molecule has 2 aliphatic carbocycles. The van der Waals surface area contributed by atoms with E-state index in [0.717, 1.165) is 25.0 Å². The zero-order valence-corrected chi connectivity index (χ0v) is 9.09. The summed E-state index contributed by atoms with van der Waals surface area (Å²) in [5.41, 5.74) is 0.310. The Morgan fingerprint density at radius 2 is 1.82 bits per heavy atom. The molecule has 3 rings (SSSR count). The van der Waals surface area contributed by atoms with Crippen LogP contribution < -0.4 is 5.32 Å². The maximum absolute atomic E-state index is 13.0. The van der Waals surface area contributed by atoms with Gasteiger partial charge in [-0.3, -0.25) is 0 Å². The van der Waals surface area contributed by atoms with E-state index in [-0.39, 0.29) is 6.04 Å². The molecule has 3 atom stereocenters. The average Bonchev–Trinajstić information content (AvgIpc) is 2.64. The topological polar surface area (TPSA) is 12.0 Å². The molecule has 1 nitrogen and oxygen atoms in total. The second kappa shape index (κ2) is 3.79. The number of hydrogen-bond acceptors (Lipinski definition) is 1. The van der Waals surface area contributed by atoms with Crippen molar-refractivity contribution >= 4 is 5.69 Å². The fraction of sp³-hybridized carbons (Fsp3) is 0.385. The van der Waals surface area contributed by atoms with Gasteiger partial charge in [0.15, 0.2) is 17.5 Å². The maximum Gasteiger partial charge on any atom is 0.194 e. The molecule has 1 fully saturated rings. The average molecular weight is 239 g/mol. The Labute approximate surface area is 97.3 Å². The van der Waals surface area contributed by atoms with Crippen molar-refractivity contribution < 1.29 is 13.2 Å². The second-order valence-corrected chi connectivity index (χ2v) is 4.74. The van der Waals surface area contributed by atoms with Gasteiger partial charge in [0.05, 0.1) is 0 Å². The Kier molecular flexibility index (Phi) is 2.38. The number of benzene rings is 1. The molecule has 17 heavy (non-hydrogen) atoms. The third-order valence-electron chi connectivity index (χ3n) is 3.70. The molecule has 0 amide bonds. The Morgan fingerprint density at radius 1 is 1.12 bits per heavy atom. The number of hydrogen-bond donors (Lipinski definition) is 1. The Bertz CT molecular complexity index is 461. The SMILES string of the molecule is Fc1cc(NC2CC3CC=CC32)cc(F)c1F. The molecule has 2 aliphatic rings. The summed E-state index contributed by atoms with van der Waals surface area (Å²) in [5, 5.41) is 3.06. The molecule has 0 aromatic heterocycles. The monoisotopic (exact) mass is 239 g/mol. The smallest absolute Gasteiger partial charge is 0.194 e. The van der Waals surface area contributed by atoms with Crippen molar-refractivity contribution in [1.82, 2.24) is 0 Å². The van der Waals surface area contributed by atoms with Crippen LogP contribution in [0.3, 0.4) is 0 Å². The molecule has 0 aliphatic heterocycles. The van der Waals surface area contributed by atoms with E-state index in [2.05, 4.69) is 17.5 Å². The Balaban J connectivity index is 1.75. The van der Waals surface area contributed by atoms with Gasteiger partial charge >= 0.3 is 0 Å². The molecule has 0 saturated heterocycles. The van der Waals surface area contributed by atoms with Gasteiger partial charge in [0.1, 0.15) is 0 Å². The number of rotatable bonds is 2. The molecule has 4 heteroatoms. The number of anilines is 1. The van der Waals surface area contributed by atoms with Crippen LogP contribution in [0.2, 0.25) is 0 Å². The summed E-state index contributed by atoms with van der Waals surface area (Å²) in [4.78, 5) is 0. The van der Waals surface area contributed by atoms with E-state index in [4.69, 9.17) is 0 Å². The van der Waals surface area contributed by atoms with Gasteiger partial charge in [-0.15, -0.1) is 0 Å². The fourth-order valence-corrected chi connectivity index (χ4v) is 2.74. The number of allylic oxidation sites excluding steroid dienone is 1. The first-order valence-electron chi connectivity index (χ1n) is 5.73. The van der Waals surface area contributed by atoms with Crippen LogP contribution in [-0.2, 0) is 0 Å². The lowest BCUT2D eigenvalue weighted by atomic mass is 9.71. The molecule has 90 valence electrons. The van der Waals surface area contributed by atoms with Gasteiger partial charge in [-0.2, -0.15) is 0 Å². The minimum atomic E-state index is -1.41. The molecule has 0 spiro atoms. The predicted molar refractivity (Wildman–Crippen MR) is 59.1 cm³/mol. The lowest BCUT2D eigenvalue weighted by Gasteiger charge is -2.41. The van der Waals surface area contributed by atoms with Crippen molar-refractivity contribution in [1.29, 1.82) is 0 Å². The third-order valence-corrected chi connectivity index (χ3v) is 3.70. The van der Waals surface area contributed by atoms with Crippen LogP contribution in [0.5, 0.6) is 0 Å². The largest absolute Gasteiger partial charge is 0.382 e. The molecule has 1 aromatic rings. The lowest BCUT2D eigenvalue weighted by molar-refractivity contribution is 0.218. The number of fused-ring (bicyclic) bond motifs is 1. The highest BCUT2D eigenvalue weighted by molar-refractivity contribution is 5.46. The lowest BCUT2D eigenvalue weighted by Crippen LogP contribution is -2.43. The van der Waals surface area contributed by atoms with Crippen molar-refractivity contribution in [3.05, 3.63) is 41.7 Å². The van der Waals surface area contributed by atoms with E-state index in [1.54, 1.807) is 0 Å². The van der Waals surface area contributed by atoms with Crippen LogP contribution in [0.15, 0.2) is 24.3 Å². The van der Waals surface area contributed by atoms with Gasteiger partial charge in [0, 0.05) is 29.8 Å². The first-order chi connectivity index (χ1) is 8.15. The minimum Gasteiger partial charge on any atom is -0.382 e. The summed E-state index contributed by atoms with van der Waals surface area (Å²) in [6.07, 6.45) is 6.37. The predicted octanol–water partition coefficient (Wildman–Crippen LogP) is 3.48. The van der Waals surface area contributed by atoms with Crippen LogP contribution >= 0.6 is 0 Å². The van der Waals surface area contributed by atoms with Crippen LogP contribution in [0.25, 0.3) is 0 Å². The molecular weight excluding hydrogens is 227 g/mol. The van der Waals surface area contributed by atoms with Gasteiger partial charge in [0.2, 0.25) is 0 Å². The highest BCUT2D eigenvalue weighted by Crippen LogP contribution is 2.44. The standard InChI is InChI=1S/C13H12F3N/c14-10-5-8(6-11(15)13(10)16)17-12-4-7-2-1-3-9(7)12/h1,3,5-7,9,12,17H,2,4H2. The van der Waals surface area contributed by atoms with E-state index in [1.807, 2.05) is 0 Å². The van der Waals surface area contributed by atoms with Crippen LogP contribution in [0.1, 0.15) is 12.8 Å². The summed E-state index contributed by atoms with van der Waals surface area (Å²) < 4.78 is 38.8. The fourth-order valence-electron chi connectivity index (χ4n) is 2.74. The molecule has 0 bridgehead atoms. The zero-order valence-electron chi connectivity index (χ0n) is 9.09. The second-order valence-electron chi connectivity index (χ2n) is 4.74. The normalized spacial score (nSPS) is 29.9. The number of nitrogens with one attached hydrogen (secondary N) is 1. The first kappa shape index (κ1) is 10.7. The minimum absolute atomic E-state index is 0.211. The van der Waals surface area contributed by atoms with E-state index < -0.39 is 17.5 Å². The van der Waals surface area contributed by atoms with Crippen molar-refractivity contribution in [2.75, 3.05) is 5.32 Å². The molecular formula is C13H12F3N. The Hall–Kier alpha value is -1.45. The third kappa shape index (κ3) is 1.72. The zero-order chi connectivity index (χ0) is 12.0. The quantitative estimate of drug-likeness (QED) is 0.615. The van der Waals surface area contributed by atoms with Gasteiger partial charge in [0.25, 0.3) is 0 Å². The first-order valence-corrected chi connectivity index (χ1v) is 5.73. The van der Waals surface area contributed by atoms with Crippen molar-refractivity contribution in [3.63, 3.8) is 0 Å². The summed E-state index contributed by atoms with van der Waals surface area (Å²) in [7, 11) is 0.